The van der Waals surface area contributed by atoms with E-state index in [0.717, 1.165) is 122 Å². The van der Waals surface area contributed by atoms with Crippen molar-refractivity contribution in [2.45, 2.75) is 94.8 Å². The molecule has 2 amide bonds. The predicted molar refractivity (Wildman–Crippen MR) is 239 cm³/mol. The normalized spacial score (nSPS) is 13.4. The highest BCUT2D eigenvalue weighted by molar-refractivity contribution is 14.0. The van der Waals surface area contributed by atoms with E-state index in [1.165, 1.54) is 0 Å². The van der Waals surface area contributed by atoms with E-state index in [9.17, 15) is 9.59 Å². The zero-order chi connectivity index (χ0) is 40.6. The van der Waals surface area contributed by atoms with Gasteiger partial charge in [0.1, 0.15) is 0 Å². The van der Waals surface area contributed by atoms with E-state index in [0.29, 0.717) is 0 Å². The average Bonchev–Trinajstić information content (AvgIpc) is 3.19. The number of hydrogen-bond donors (Lipinski definition) is 4. The zero-order valence-corrected chi connectivity index (χ0v) is 37.8. The number of aliphatic hydroxyl groups is 1. The van der Waals surface area contributed by atoms with E-state index in [2.05, 4.69) is 25.8 Å². The smallest absolute Gasteiger partial charge is 0.252 e. The number of nitrogens with one attached hydrogen (secondary N) is 3. The predicted octanol–water partition coefficient (Wildman–Crippen LogP) is 7.39. The van der Waals surface area contributed by atoms with Gasteiger partial charge < -0.3 is 30.5 Å². The number of aliphatic hydroxyl groups excluding tert-OH is 1. The van der Waals surface area contributed by atoms with Crippen LogP contribution in [0.1, 0.15) is 98.6 Å². The summed E-state index contributed by atoms with van der Waals surface area (Å²) in [5.74, 6) is -0.0424. The lowest BCUT2D eigenvalue weighted by Crippen LogP contribution is -2.37. The summed E-state index contributed by atoms with van der Waals surface area (Å²) in [6, 6.07) is 15.9. The number of para-hydroxylation sites is 2. The molecule has 0 saturated carbocycles. The molecule has 6 rings (SSSR count). The fourth-order valence-corrected chi connectivity index (χ4v) is 5.72. The number of pyridine rings is 2. The van der Waals surface area contributed by atoms with Gasteiger partial charge in [-0.3, -0.25) is 24.5 Å². The van der Waals surface area contributed by atoms with Crippen LogP contribution in [0.25, 0.3) is 21.8 Å². The quantitative estimate of drug-likeness (QED) is 0.146. The van der Waals surface area contributed by atoms with E-state index < -0.39 is 0 Å². The van der Waals surface area contributed by atoms with Crippen LogP contribution in [0.2, 0.25) is 0 Å². The molecule has 0 bridgehead atoms. The molecule has 12 heteroatoms. The van der Waals surface area contributed by atoms with Gasteiger partial charge in [0, 0.05) is 79.6 Å². The van der Waals surface area contributed by atoms with Crippen LogP contribution < -0.4 is 16.0 Å². The van der Waals surface area contributed by atoms with Crippen molar-refractivity contribution in [3.8, 4) is 0 Å². The van der Waals surface area contributed by atoms with Crippen LogP contribution in [0.5, 0.6) is 0 Å². The Morgan fingerprint density at radius 1 is 0.709 bits per heavy atom. The molecule has 2 fully saturated rings. The van der Waals surface area contributed by atoms with Crippen molar-refractivity contribution >= 4 is 57.6 Å². The number of fused-ring (bicyclic) bond motifs is 2. The molecule has 0 spiro atoms. The van der Waals surface area contributed by atoms with Crippen molar-refractivity contribution in [1.29, 1.82) is 0 Å². The fraction of sp³-hybridized carbons (Fsp3) is 0.535. The van der Waals surface area contributed by atoms with Crippen LogP contribution in [0, 0.1) is 20.8 Å². The molecule has 2 aliphatic rings. The summed E-state index contributed by atoms with van der Waals surface area (Å²) < 4.78 is 10.4. The van der Waals surface area contributed by atoms with Gasteiger partial charge in [0.25, 0.3) is 11.8 Å². The lowest BCUT2D eigenvalue weighted by Gasteiger charge is -2.28. The summed E-state index contributed by atoms with van der Waals surface area (Å²) in [7, 11) is 1.00. The average molecular weight is 877 g/mol. The van der Waals surface area contributed by atoms with Gasteiger partial charge in [0.15, 0.2) is 0 Å². The summed E-state index contributed by atoms with van der Waals surface area (Å²) in [5.41, 5.74) is 7.05. The number of halogens is 1. The lowest BCUT2D eigenvalue weighted by molar-refractivity contribution is 0.0339. The van der Waals surface area contributed by atoms with E-state index in [-0.39, 0.29) is 47.9 Å². The molecule has 2 aliphatic heterocycles. The lowest BCUT2D eigenvalue weighted by atomic mass is 9.99. The highest BCUT2D eigenvalue weighted by Gasteiger charge is 2.22. The Hall–Kier alpha value is -3.27. The first kappa shape index (κ1) is 51.7. The molecule has 2 aromatic carbocycles. The van der Waals surface area contributed by atoms with Gasteiger partial charge in [-0.2, -0.15) is 0 Å². The second-order valence-electron chi connectivity index (χ2n) is 12.8. The van der Waals surface area contributed by atoms with Crippen molar-refractivity contribution < 1.29 is 24.2 Å². The number of hydrogen-bond acceptors (Lipinski definition) is 9. The molecule has 308 valence electrons. The summed E-state index contributed by atoms with van der Waals surface area (Å²) in [6.07, 6.45) is 0. The summed E-state index contributed by atoms with van der Waals surface area (Å²) in [5, 5.41) is 18.0. The Balaban J connectivity index is 0.000000827. The van der Waals surface area contributed by atoms with E-state index >= 15 is 0 Å². The minimum absolute atomic E-state index is 0. The van der Waals surface area contributed by atoms with Crippen molar-refractivity contribution in [3.63, 3.8) is 0 Å². The number of nitrogens with zero attached hydrogens (tertiary/aromatic N) is 3. The number of amides is 2. The highest BCUT2D eigenvalue weighted by atomic mass is 127. The number of aromatic nitrogens is 2. The second-order valence-corrected chi connectivity index (χ2v) is 12.8. The number of carbonyl (C=O) groups excluding carboxylic acids is 2. The first-order chi connectivity index (χ1) is 26.1. The first-order valence-corrected chi connectivity index (χ1v) is 19.5. The second kappa shape index (κ2) is 29.0. The molecule has 11 nitrogen and oxygen atoms in total. The minimum atomic E-state index is -0.0239. The minimum Gasteiger partial charge on any atom is -0.400 e. The molecule has 2 aromatic heterocycles. The first-order valence-electron chi connectivity index (χ1n) is 19.5. The largest absolute Gasteiger partial charge is 0.400 e. The number of aryl methyl sites for hydroxylation is 2. The molecule has 2 saturated heterocycles. The molecule has 4 aromatic rings. The Bertz CT molecular complexity index is 1680. The molecule has 0 aliphatic carbocycles. The maximum absolute atomic E-state index is 12.9. The van der Waals surface area contributed by atoms with Crippen LogP contribution in [0.4, 0.5) is 0 Å². The summed E-state index contributed by atoms with van der Waals surface area (Å²) in [4.78, 5) is 36.8. The summed E-state index contributed by atoms with van der Waals surface area (Å²) in [6.45, 7) is 29.6. The van der Waals surface area contributed by atoms with Crippen LogP contribution in [-0.2, 0) is 16.0 Å². The van der Waals surface area contributed by atoms with Gasteiger partial charge in [0.2, 0.25) is 0 Å². The Labute approximate surface area is 347 Å². The molecule has 4 N–H and O–H groups in total. The molecule has 55 heavy (non-hydrogen) atoms. The number of carbonyl (C=O) groups is 2. The third-order valence-electron chi connectivity index (χ3n) is 8.20. The topological polar surface area (TPSA) is 138 Å². The van der Waals surface area contributed by atoms with Crippen molar-refractivity contribution in [2.24, 2.45) is 0 Å². The Morgan fingerprint density at radius 2 is 1.13 bits per heavy atom. The van der Waals surface area contributed by atoms with E-state index in [4.69, 9.17) is 19.6 Å². The maximum Gasteiger partial charge on any atom is 0.252 e. The van der Waals surface area contributed by atoms with E-state index in [1.54, 1.807) is 0 Å². The number of benzene rings is 2. The molecule has 4 heterocycles. The third kappa shape index (κ3) is 16.8. The number of rotatable bonds is 6. The van der Waals surface area contributed by atoms with E-state index in [1.807, 2.05) is 125 Å². The van der Waals surface area contributed by atoms with Crippen molar-refractivity contribution in [1.82, 2.24) is 30.8 Å². The SMILES string of the molecule is C1COCCN1.CC.CC.CO.Cc1nc2ccccc2c(C(=O)NC(C)C)c1C.Cc1nc2ccccc2c(C(=O)NC(C)C)c1CN1CCOCC1.I. The van der Waals surface area contributed by atoms with Crippen LogP contribution in [0.3, 0.4) is 0 Å². The van der Waals surface area contributed by atoms with Gasteiger partial charge >= 0.3 is 0 Å². The highest BCUT2D eigenvalue weighted by Crippen LogP contribution is 2.26. The molecule has 0 radical (unpaired) electrons. The van der Waals surface area contributed by atoms with Crippen molar-refractivity contribution in [2.75, 3.05) is 59.7 Å². The number of morpholine rings is 2. The van der Waals surface area contributed by atoms with Crippen LogP contribution >= 0.6 is 24.0 Å². The zero-order valence-electron chi connectivity index (χ0n) is 35.5. The van der Waals surface area contributed by atoms with Gasteiger partial charge in [-0.25, -0.2) is 0 Å². The van der Waals surface area contributed by atoms with Gasteiger partial charge in [0.05, 0.1) is 48.6 Å². The Morgan fingerprint density at radius 3 is 1.56 bits per heavy atom. The molecular formula is C43H69IN6O5. The maximum atomic E-state index is 12.9. The number of ether oxygens (including phenoxy) is 2. The van der Waals surface area contributed by atoms with Gasteiger partial charge in [-0.05, 0) is 66.2 Å². The standard InChI is InChI=1S/C19H25N3O2.C15H18N2O.C4H9NO.2C2H6.CH4O.HI/c1-13(2)20-19(23)18-15-6-4-5-7-17(15)21-14(3)16(18)12-22-8-10-24-11-9-22;1-9(2)16-15(18)14-10(3)11(4)17-13-8-6-5-7-12(13)14;1-3-6-4-2-5-1;3*1-2;/h4-7,13H,8-12H2,1-3H3,(H,20,23);5-9H,1-4H3,(H,16,18);5H,1-4H2;2*1-2H3;2H,1H3;1H. The molecule has 0 atom stereocenters. The van der Waals surface area contributed by atoms with Crippen LogP contribution in [-0.4, -0.2) is 104 Å². The van der Waals surface area contributed by atoms with Crippen molar-refractivity contribution in [3.05, 3.63) is 82.2 Å². The summed E-state index contributed by atoms with van der Waals surface area (Å²) >= 11 is 0. The monoisotopic (exact) mass is 876 g/mol. The van der Waals surface area contributed by atoms with Crippen LogP contribution in [0.15, 0.2) is 48.5 Å². The Kier molecular flexibility index (Phi) is 27.3. The fourth-order valence-electron chi connectivity index (χ4n) is 5.72. The third-order valence-corrected chi connectivity index (χ3v) is 8.20. The van der Waals surface area contributed by atoms with Gasteiger partial charge in [-0.1, -0.05) is 64.1 Å². The molecular weight excluding hydrogens is 807 g/mol. The molecule has 0 unspecified atom stereocenters. The van der Waals surface area contributed by atoms with Gasteiger partial charge in [-0.15, -0.1) is 24.0 Å².